The van der Waals surface area contributed by atoms with Crippen molar-refractivity contribution in [3.8, 4) is 11.1 Å². The maximum absolute atomic E-state index is 11.9. The lowest BCUT2D eigenvalue weighted by Gasteiger charge is -2.06. The van der Waals surface area contributed by atoms with Gasteiger partial charge in [0, 0.05) is 0 Å². The second kappa shape index (κ2) is 9.19. The van der Waals surface area contributed by atoms with Gasteiger partial charge in [0.1, 0.15) is 0 Å². The van der Waals surface area contributed by atoms with Crippen LogP contribution in [-0.2, 0) is 12.8 Å². The highest BCUT2D eigenvalue weighted by atomic mass is 19.1. The van der Waals surface area contributed by atoms with Crippen LogP contribution in [0.15, 0.2) is 60.9 Å². The molecule has 1 heteroatoms. The van der Waals surface area contributed by atoms with Crippen LogP contribution >= 0.6 is 0 Å². The van der Waals surface area contributed by atoms with Gasteiger partial charge in [-0.05, 0) is 47.9 Å². The lowest BCUT2D eigenvalue weighted by molar-refractivity contribution is 0.713. The molecule has 0 nitrogen and oxygen atoms in total. The van der Waals surface area contributed by atoms with E-state index >= 15 is 0 Å². The van der Waals surface area contributed by atoms with Crippen molar-refractivity contribution in [1.29, 1.82) is 0 Å². The number of hydrogen-bond donors (Lipinski definition) is 0. The maximum Gasteiger partial charge on any atom is 0.0827 e. The molecule has 0 aromatic heterocycles. The second-order valence-corrected chi connectivity index (χ2v) is 5.75. The van der Waals surface area contributed by atoms with Gasteiger partial charge in [-0.3, -0.25) is 0 Å². The van der Waals surface area contributed by atoms with Crippen LogP contribution in [0.5, 0.6) is 0 Å². The van der Waals surface area contributed by atoms with Gasteiger partial charge in [-0.1, -0.05) is 74.4 Å². The Morgan fingerprint density at radius 3 is 1.82 bits per heavy atom. The highest BCUT2D eigenvalue weighted by molar-refractivity contribution is 5.63. The van der Waals surface area contributed by atoms with E-state index in [1.165, 1.54) is 47.9 Å². The molecule has 116 valence electrons. The molecule has 0 fully saturated rings. The highest BCUT2D eigenvalue weighted by Crippen LogP contribution is 2.21. The summed E-state index contributed by atoms with van der Waals surface area (Å²) in [5.74, 6) is 0. The molecule has 0 aliphatic carbocycles. The first kappa shape index (κ1) is 16.5. The van der Waals surface area contributed by atoms with Crippen molar-refractivity contribution < 1.29 is 4.39 Å². The first-order valence-electron chi connectivity index (χ1n) is 8.27. The molecule has 0 radical (unpaired) electrons. The third-order valence-corrected chi connectivity index (χ3v) is 4.00. The van der Waals surface area contributed by atoms with E-state index in [9.17, 15) is 4.39 Å². The van der Waals surface area contributed by atoms with E-state index in [4.69, 9.17) is 0 Å². The minimum absolute atomic E-state index is 0.621. The smallest absolute Gasteiger partial charge is 0.0827 e. The fourth-order valence-corrected chi connectivity index (χ4v) is 2.62. The predicted molar refractivity (Wildman–Crippen MR) is 93.7 cm³/mol. The number of hydrogen-bond acceptors (Lipinski definition) is 0. The van der Waals surface area contributed by atoms with E-state index in [-0.39, 0.29) is 0 Å². The van der Waals surface area contributed by atoms with Crippen LogP contribution in [0.4, 0.5) is 4.39 Å². The molecule has 2 aromatic carbocycles. The van der Waals surface area contributed by atoms with Gasteiger partial charge in [-0.25, -0.2) is 4.39 Å². The monoisotopic (exact) mass is 296 g/mol. The number of benzene rings is 2. The van der Waals surface area contributed by atoms with Gasteiger partial charge < -0.3 is 0 Å². The van der Waals surface area contributed by atoms with Gasteiger partial charge in [0.2, 0.25) is 0 Å². The quantitative estimate of drug-likeness (QED) is 0.488. The molecule has 22 heavy (non-hydrogen) atoms. The third-order valence-electron chi connectivity index (χ3n) is 4.00. The molecule has 0 heterocycles. The highest BCUT2D eigenvalue weighted by Gasteiger charge is 1.99. The topological polar surface area (TPSA) is 0 Å². The van der Waals surface area contributed by atoms with Gasteiger partial charge in [0.25, 0.3) is 0 Å². The summed E-state index contributed by atoms with van der Waals surface area (Å²) in [6.45, 7) is 2.24. The lowest BCUT2D eigenvalue weighted by atomic mass is 9.99. The largest absolute Gasteiger partial charge is 0.216 e. The Hall–Kier alpha value is -1.89. The van der Waals surface area contributed by atoms with Crippen LogP contribution in [0.1, 0.15) is 43.7 Å². The molecule has 0 aliphatic heterocycles. The van der Waals surface area contributed by atoms with Gasteiger partial charge in [0.15, 0.2) is 0 Å². The van der Waals surface area contributed by atoms with E-state index in [2.05, 4.69) is 55.5 Å². The van der Waals surface area contributed by atoms with Crippen LogP contribution < -0.4 is 0 Å². The maximum atomic E-state index is 11.9. The molecule has 0 bridgehead atoms. The van der Waals surface area contributed by atoms with Gasteiger partial charge >= 0.3 is 0 Å². The summed E-state index contributed by atoms with van der Waals surface area (Å²) < 4.78 is 11.9. The number of unbranched alkanes of at least 4 members (excludes halogenated alkanes) is 2. The summed E-state index contributed by atoms with van der Waals surface area (Å²) in [6, 6.07) is 17.5. The van der Waals surface area contributed by atoms with E-state index in [0.29, 0.717) is 6.33 Å². The summed E-state index contributed by atoms with van der Waals surface area (Å²) >= 11 is 0. The molecule has 2 rings (SSSR count). The standard InChI is InChI=1S/C21H25F/c1-2-3-4-7-18-9-13-20(14-10-18)21-15-11-19(12-16-21)8-5-6-17-22/h6,9-17H,2-5,7-8H2,1H3/b17-6+. The van der Waals surface area contributed by atoms with Crippen LogP contribution in [0.2, 0.25) is 0 Å². The lowest BCUT2D eigenvalue weighted by Crippen LogP contribution is -1.87. The summed E-state index contributed by atoms with van der Waals surface area (Å²) in [6.07, 6.45) is 8.85. The molecular formula is C21H25F. The molecular weight excluding hydrogens is 271 g/mol. The Morgan fingerprint density at radius 1 is 0.773 bits per heavy atom. The van der Waals surface area contributed by atoms with Crippen LogP contribution in [0.25, 0.3) is 11.1 Å². The van der Waals surface area contributed by atoms with Gasteiger partial charge in [0.05, 0.1) is 6.33 Å². The Morgan fingerprint density at radius 2 is 1.32 bits per heavy atom. The molecule has 0 saturated heterocycles. The first-order chi connectivity index (χ1) is 10.8. The van der Waals surface area contributed by atoms with Crippen molar-refractivity contribution in [3.63, 3.8) is 0 Å². The van der Waals surface area contributed by atoms with E-state index in [1.807, 2.05) is 0 Å². The zero-order valence-electron chi connectivity index (χ0n) is 13.4. The fraction of sp³-hybridized carbons (Fsp3) is 0.333. The van der Waals surface area contributed by atoms with Crippen LogP contribution in [0, 0.1) is 0 Å². The summed E-state index contributed by atoms with van der Waals surface area (Å²) in [7, 11) is 0. The van der Waals surface area contributed by atoms with Crippen molar-refractivity contribution in [2.75, 3.05) is 0 Å². The minimum Gasteiger partial charge on any atom is -0.216 e. The average molecular weight is 296 g/mol. The van der Waals surface area contributed by atoms with Crippen LogP contribution in [0.3, 0.4) is 0 Å². The zero-order chi connectivity index (χ0) is 15.6. The van der Waals surface area contributed by atoms with Crippen molar-refractivity contribution in [1.82, 2.24) is 0 Å². The Kier molecular flexibility index (Phi) is 6.89. The Balaban J connectivity index is 1.96. The summed E-state index contributed by atoms with van der Waals surface area (Å²) in [5, 5.41) is 0. The molecule has 0 atom stereocenters. The van der Waals surface area contributed by atoms with E-state index in [0.717, 1.165) is 12.8 Å². The van der Waals surface area contributed by atoms with Crippen molar-refractivity contribution >= 4 is 0 Å². The number of halogens is 1. The van der Waals surface area contributed by atoms with E-state index in [1.54, 1.807) is 6.08 Å². The molecule has 0 spiro atoms. The van der Waals surface area contributed by atoms with Crippen molar-refractivity contribution in [2.45, 2.75) is 45.4 Å². The minimum atomic E-state index is 0.621. The summed E-state index contributed by atoms with van der Waals surface area (Å²) in [5.41, 5.74) is 5.17. The first-order valence-corrected chi connectivity index (χ1v) is 8.27. The third kappa shape index (κ3) is 5.14. The molecule has 0 saturated carbocycles. The number of allylic oxidation sites excluding steroid dienone is 1. The fourth-order valence-electron chi connectivity index (χ4n) is 2.62. The molecule has 2 aromatic rings. The predicted octanol–water partition coefficient (Wildman–Crippen LogP) is 6.50. The number of aryl methyl sites for hydroxylation is 2. The SMILES string of the molecule is CCCCCc1ccc(-c2ccc(CC/C=C/F)cc2)cc1. The van der Waals surface area contributed by atoms with Crippen LogP contribution in [-0.4, -0.2) is 0 Å². The Labute approximate surface area is 133 Å². The second-order valence-electron chi connectivity index (χ2n) is 5.75. The van der Waals surface area contributed by atoms with Crippen molar-refractivity contribution in [2.24, 2.45) is 0 Å². The normalized spacial score (nSPS) is 11.2. The number of rotatable bonds is 8. The molecule has 0 amide bonds. The molecule has 0 N–H and O–H groups in total. The molecule has 0 aliphatic rings. The van der Waals surface area contributed by atoms with Gasteiger partial charge in [-0.15, -0.1) is 0 Å². The summed E-state index contributed by atoms with van der Waals surface area (Å²) in [4.78, 5) is 0. The Bertz CT molecular complexity index is 564. The van der Waals surface area contributed by atoms with E-state index < -0.39 is 0 Å². The van der Waals surface area contributed by atoms with Crippen molar-refractivity contribution in [3.05, 3.63) is 72.1 Å². The average Bonchev–Trinajstić information content (AvgIpc) is 2.57. The molecule has 0 unspecified atom stereocenters. The van der Waals surface area contributed by atoms with Gasteiger partial charge in [-0.2, -0.15) is 0 Å². The zero-order valence-corrected chi connectivity index (χ0v) is 13.4.